The molecule has 0 aromatic rings. The van der Waals surface area contributed by atoms with Crippen molar-refractivity contribution in [3.8, 4) is 0 Å². The Hall–Kier alpha value is -0.130. The molecule has 92 valence electrons. The second kappa shape index (κ2) is 5.82. The number of likely N-dealkylation sites (N-methyl/N-ethyl adjacent to an activating group) is 2. The first-order chi connectivity index (χ1) is 6.66. The van der Waals surface area contributed by atoms with Crippen LogP contribution in [0.15, 0.2) is 0 Å². The van der Waals surface area contributed by atoms with Crippen LogP contribution in [0.25, 0.3) is 0 Å². The molecule has 0 radical (unpaired) electrons. The number of nitrogens with one attached hydrogen (secondary N) is 1. The van der Waals surface area contributed by atoms with Crippen LogP contribution in [0, 0.1) is 0 Å². The highest BCUT2D eigenvalue weighted by Gasteiger charge is 2.18. The van der Waals surface area contributed by atoms with Gasteiger partial charge in [0.25, 0.3) is 0 Å². The van der Waals surface area contributed by atoms with Crippen LogP contribution in [0.2, 0.25) is 0 Å². The molecule has 0 saturated carbocycles. The summed E-state index contributed by atoms with van der Waals surface area (Å²) >= 11 is 0. The van der Waals surface area contributed by atoms with E-state index in [-0.39, 0.29) is 11.3 Å². The van der Waals surface area contributed by atoms with E-state index in [4.69, 9.17) is 0 Å². The Morgan fingerprint density at radius 1 is 1.33 bits per heavy atom. The van der Waals surface area contributed by atoms with E-state index < -0.39 is 9.84 Å². The third kappa shape index (κ3) is 8.84. The van der Waals surface area contributed by atoms with E-state index in [2.05, 4.69) is 26.1 Å². The van der Waals surface area contributed by atoms with Crippen LogP contribution >= 0.6 is 0 Å². The van der Waals surface area contributed by atoms with Gasteiger partial charge in [-0.3, -0.25) is 0 Å². The van der Waals surface area contributed by atoms with Crippen molar-refractivity contribution < 1.29 is 8.42 Å². The predicted octanol–water partition coefficient (Wildman–Crippen LogP) is 0.351. The van der Waals surface area contributed by atoms with E-state index in [0.29, 0.717) is 6.54 Å². The molecule has 0 aromatic carbocycles. The molecule has 0 unspecified atom stereocenters. The Kier molecular flexibility index (Phi) is 5.77. The molecule has 0 heterocycles. The Balaban J connectivity index is 3.98. The summed E-state index contributed by atoms with van der Waals surface area (Å²) in [7, 11) is -0.900. The maximum Gasteiger partial charge on any atom is 0.148 e. The monoisotopic (exact) mass is 236 g/mol. The summed E-state index contributed by atoms with van der Waals surface area (Å²) in [6, 6.07) is 0. The highest BCUT2D eigenvalue weighted by atomic mass is 32.2. The summed E-state index contributed by atoms with van der Waals surface area (Å²) < 4.78 is 22.0. The number of sulfone groups is 1. The Labute approximate surface area is 94.0 Å². The van der Waals surface area contributed by atoms with Crippen molar-refractivity contribution in [1.29, 1.82) is 0 Å². The van der Waals surface area contributed by atoms with Crippen molar-refractivity contribution in [2.24, 2.45) is 0 Å². The van der Waals surface area contributed by atoms with E-state index >= 15 is 0 Å². The highest BCUT2D eigenvalue weighted by Crippen LogP contribution is 2.03. The standard InChI is InChI=1S/C10H24N2O2S/c1-6-11-10(2,3)9-12(4)7-8-15(5,13)14/h11H,6-9H2,1-5H3. The van der Waals surface area contributed by atoms with Gasteiger partial charge >= 0.3 is 0 Å². The van der Waals surface area contributed by atoms with Crippen molar-refractivity contribution in [3.63, 3.8) is 0 Å². The normalized spacial score (nSPS) is 13.5. The maximum atomic E-state index is 11.0. The molecule has 0 aromatic heterocycles. The molecule has 1 N–H and O–H groups in total. The number of hydrogen-bond donors (Lipinski definition) is 1. The van der Waals surface area contributed by atoms with E-state index in [9.17, 15) is 8.42 Å². The molecule has 0 amide bonds. The largest absolute Gasteiger partial charge is 0.311 e. The molecule has 0 fully saturated rings. The molecule has 0 aliphatic rings. The number of hydrogen-bond acceptors (Lipinski definition) is 4. The molecular weight excluding hydrogens is 212 g/mol. The van der Waals surface area contributed by atoms with Crippen molar-refractivity contribution in [1.82, 2.24) is 10.2 Å². The third-order valence-electron chi connectivity index (χ3n) is 2.16. The van der Waals surface area contributed by atoms with Gasteiger partial charge in [-0.05, 0) is 27.4 Å². The lowest BCUT2D eigenvalue weighted by Gasteiger charge is -2.31. The summed E-state index contributed by atoms with van der Waals surface area (Å²) in [5.41, 5.74) is 0.0288. The van der Waals surface area contributed by atoms with E-state index in [1.807, 2.05) is 11.9 Å². The van der Waals surface area contributed by atoms with Gasteiger partial charge in [-0.2, -0.15) is 0 Å². The number of rotatable bonds is 7. The lowest BCUT2D eigenvalue weighted by molar-refractivity contribution is 0.247. The van der Waals surface area contributed by atoms with E-state index in [1.54, 1.807) is 0 Å². The van der Waals surface area contributed by atoms with Crippen LogP contribution in [-0.2, 0) is 9.84 Å². The lowest BCUT2D eigenvalue weighted by atomic mass is 10.1. The van der Waals surface area contributed by atoms with Crippen molar-refractivity contribution >= 4 is 9.84 Å². The van der Waals surface area contributed by atoms with Gasteiger partial charge in [0.05, 0.1) is 5.75 Å². The summed E-state index contributed by atoms with van der Waals surface area (Å²) in [6.45, 7) is 8.66. The minimum Gasteiger partial charge on any atom is -0.311 e. The molecule has 0 rings (SSSR count). The molecule has 5 heteroatoms. The molecular formula is C10H24N2O2S. The smallest absolute Gasteiger partial charge is 0.148 e. The average molecular weight is 236 g/mol. The fraction of sp³-hybridized carbons (Fsp3) is 1.00. The Bertz CT molecular complexity index is 273. The molecule has 0 saturated heterocycles. The molecule has 0 spiro atoms. The minimum atomic E-state index is -2.85. The highest BCUT2D eigenvalue weighted by molar-refractivity contribution is 7.90. The first-order valence-electron chi connectivity index (χ1n) is 5.27. The SMILES string of the molecule is CCNC(C)(C)CN(C)CCS(C)(=O)=O. The predicted molar refractivity (Wildman–Crippen MR) is 65.0 cm³/mol. The van der Waals surface area contributed by atoms with Crippen LogP contribution in [0.5, 0.6) is 0 Å². The van der Waals surface area contributed by atoms with Gasteiger partial charge < -0.3 is 10.2 Å². The van der Waals surface area contributed by atoms with Gasteiger partial charge in [0.15, 0.2) is 0 Å². The molecule has 4 nitrogen and oxygen atoms in total. The summed E-state index contributed by atoms with van der Waals surface area (Å²) in [5, 5.41) is 3.36. The molecule has 0 aliphatic carbocycles. The fourth-order valence-corrected chi connectivity index (χ4v) is 2.25. The van der Waals surface area contributed by atoms with Gasteiger partial charge in [0.2, 0.25) is 0 Å². The van der Waals surface area contributed by atoms with Crippen molar-refractivity contribution in [3.05, 3.63) is 0 Å². The van der Waals surface area contributed by atoms with Gasteiger partial charge in [0.1, 0.15) is 9.84 Å². The zero-order chi connectivity index (χ0) is 12.1. The Morgan fingerprint density at radius 2 is 1.87 bits per heavy atom. The van der Waals surface area contributed by atoms with E-state index in [0.717, 1.165) is 13.1 Å². The first kappa shape index (κ1) is 14.9. The zero-order valence-corrected chi connectivity index (χ0v) is 11.3. The van der Waals surface area contributed by atoms with Gasteiger partial charge in [-0.25, -0.2) is 8.42 Å². The lowest BCUT2D eigenvalue weighted by Crippen LogP contribution is -2.48. The van der Waals surface area contributed by atoms with Crippen molar-refractivity contribution in [2.75, 3.05) is 38.7 Å². The van der Waals surface area contributed by atoms with Crippen LogP contribution in [-0.4, -0.2) is 57.5 Å². The summed E-state index contributed by atoms with van der Waals surface area (Å²) in [5.74, 6) is 0.228. The van der Waals surface area contributed by atoms with Crippen LogP contribution < -0.4 is 5.32 Å². The molecule has 0 bridgehead atoms. The average Bonchev–Trinajstić information content (AvgIpc) is 1.98. The minimum absolute atomic E-state index is 0.0288. The topological polar surface area (TPSA) is 49.4 Å². The third-order valence-corrected chi connectivity index (χ3v) is 3.09. The zero-order valence-electron chi connectivity index (χ0n) is 10.5. The van der Waals surface area contributed by atoms with Crippen LogP contribution in [0.1, 0.15) is 20.8 Å². The van der Waals surface area contributed by atoms with Crippen molar-refractivity contribution in [2.45, 2.75) is 26.3 Å². The first-order valence-corrected chi connectivity index (χ1v) is 7.33. The molecule has 0 atom stereocenters. The summed E-state index contributed by atoms with van der Waals surface area (Å²) in [4.78, 5) is 2.05. The maximum absolute atomic E-state index is 11.0. The quantitative estimate of drug-likeness (QED) is 0.693. The van der Waals surface area contributed by atoms with Crippen LogP contribution in [0.3, 0.4) is 0 Å². The second-order valence-electron chi connectivity index (χ2n) is 4.78. The van der Waals surface area contributed by atoms with Gasteiger partial charge in [-0.1, -0.05) is 6.92 Å². The second-order valence-corrected chi connectivity index (χ2v) is 7.04. The molecule has 0 aliphatic heterocycles. The van der Waals surface area contributed by atoms with Gasteiger partial charge in [-0.15, -0.1) is 0 Å². The fourth-order valence-electron chi connectivity index (χ4n) is 1.61. The van der Waals surface area contributed by atoms with Crippen LogP contribution in [0.4, 0.5) is 0 Å². The van der Waals surface area contributed by atoms with E-state index in [1.165, 1.54) is 6.26 Å². The summed E-state index contributed by atoms with van der Waals surface area (Å²) in [6.07, 6.45) is 1.27. The van der Waals surface area contributed by atoms with Gasteiger partial charge in [0, 0.05) is 24.9 Å². The molecule has 15 heavy (non-hydrogen) atoms. The Morgan fingerprint density at radius 3 is 2.27 bits per heavy atom. The number of nitrogens with zero attached hydrogens (tertiary/aromatic N) is 1.